The molecule has 1 saturated carbocycles. The second kappa shape index (κ2) is 5.49. The fraction of sp³-hybridized carbons (Fsp3) is 0.278. The zero-order chi connectivity index (χ0) is 13.9. The molecule has 102 valence electrons. The average Bonchev–Trinajstić information content (AvgIpc) is 3.29. The SMILES string of the molecule is CCOc1ccccc1C(=O)C1CC1c1ccccc1. The number of Topliss-reactive ketones (excluding diaryl/α,β-unsaturated/α-hetero) is 1. The van der Waals surface area contributed by atoms with Crippen molar-refractivity contribution in [2.75, 3.05) is 6.61 Å². The molecule has 20 heavy (non-hydrogen) atoms. The second-order valence-corrected chi connectivity index (χ2v) is 5.15. The molecule has 0 aliphatic heterocycles. The molecule has 0 bridgehead atoms. The molecule has 0 heterocycles. The number of carbonyl (C=O) groups is 1. The monoisotopic (exact) mass is 266 g/mol. The van der Waals surface area contributed by atoms with Crippen LogP contribution in [0.15, 0.2) is 54.6 Å². The summed E-state index contributed by atoms with van der Waals surface area (Å²) in [5, 5.41) is 0. The lowest BCUT2D eigenvalue weighted by Crippen LogP contribution is -2.06. The van der Waals surface area contributed by atoms with Gasteiger partial charge in [0, 0.05) is 5.92 Å². The summed E-state index contributed by atoms with van der Waals surface area (Å²) in [7, 11) is 0. The third-order valence-electron chi connectivity index (χ3n) is 3.81. The first kappa shape index (κ1) is 12.9. The van der Waals surface area contributed by atoms with Crippen molar-refractivity contribution in [3.63, 3.8) is 0 Å². The third-order valence-corrected chi connectivity index (χ3v) is 3.81. The third kappa shape index (κ3) is 2.46. The lowest BCUT2D eigenvalue weighted by molar-refractivity contribution is 0.0961. The van der Waals surface area contributed by atoms with E-state index in [9.17, 15) is 4.79 Å². The van der Waals surface area contributed by atoms with Gasteiger partial charge in [0.25, 0.3) is 0 Å². The molecule has 0 radical (unpaired) electrons. The summed E-state index contributed by atoms with van der Waals surface area (Å²) >= 11 is 0. The van der Waals surface area contributed by atoms with Crippen molar-refractivity contribution in [3.8, 4) is 5.75 Å². The van der Waals surface area contributed by atoms with Crippen LogP contribution in [0.3, 0.4) is 0 Å². The predicted molar refractivity (Wildman–Crippen MR) is 79.2 cm³/mol. The molecular formula is C18H18O2. The number of hydrogen-bond acceptors (Lipinski definition) is 2. The van der Waals surface area contributed by atoms with Crippen LogP contribution in [0, 0.1) is 5.92 Å². The summed E-state index contributed by atoms with van der Waals surface area (Å²) < 4.78 is 5.56. The minimum atomic E-state index is 0.110. The van der Waals surface area contributed by atoms with Crippen LogP contribution in [0.25, 0.3) is 0 Å². The predicted octanol–water partition coefficient (Wildman–Crippen LogP) is 4.07. The van der Waals surface area contributed by atoms with Crippen molar-refractivity contribution in [3.05, 3.63) is 65.7 Å². The van der Waals surface area contributed by atoms with E-state index in [4.69, 9.17) is 4.74 Å². The number of rotatable bonds is 5. The smallest absolute Gasteiger partial charge is 0.170 e. The lowest BCUT2D eigenvalue weighted by atomic mass is 10.0. The second-order valence-electron chi connectivity index (χ2n) is 5.15. The van der Waals surface area contributed by atoms with Gasteiger partial charge >= 0.3 is 0 Å². The van der Waals surface area contributed by atoms with E-state index in [1.807, 2.05) is 49.4 Å². The molecule has 0 amide bonds. The molecule has 2 nitrogen and oxygen atoms in total. The van der Waals surface area contributed by atoms with Gasteiger partial charge in [0.1, 0.15) is 5.75 Å². The van der Waals surface area contributed by atoms with E-state index >= 15 is 0 Å². The molecule has 3 rings (SSSR count). The Morgan fingerprint density at radius 1 is 1.10 bits per heavy atom. The van der Waals surface area contributed by atoms with E-state index < -0.39 is 0 Å². The fourth-order valence-electron chi connectivity index (χ4n) is 2.70. The number of ketones is 1. The van der Waals surface area contributed by atoms with Crippen LogP contribution >= 0.6 is 0 Å². The van der Waals surface area contributed by atoms with Crippen LogP contribution in [0.1, 0.15) is 35.2 Å². The number of hydrogen-bond donors (Lipinski definition) is 0. The summed E-state index contributed by atoms with van der Waals surface area (Å²) in [6.45, 7) is 2.52. The van der Waals surface area contributed by atoms with E-state index in [-0.39, 0.29) is 11.7 Å². The van der Waals surface area contributed by atoms with Crippen molar-refractivity contribution in [1.82, 2.24) is 0 Å². The number of carbonyl (C=O) groups excluding carboxylic acids is 1. The molecule has 2 aromatic rings. The van der Waals surface area contributed by atoms with E-state index in [2.05, 4.69) is 12.1 Å². The molecule has 1 aliphatic carbocycles. The zero-order valence-electron chi connectivity index (χ0n) is 11.6. The summed E-state index contributed by atoms with van der Waals surface area (Å²) in [6.07, 6.45) is 0.948. The minimum absolute atomic E-state index is 0.110. The highest BCUT2D eigenvalue weighted by atomic mass is 16.5. The first-order chi connectivity index (χ1) is 9.81. The topological polar surface area (TPSA) is 26.3 Å². The molecule has 0 N–H and O–H groups in total. The maximum atomic E-state index is 12.6. The van der Waals surface area contributed by atoms with Gasteiger partial charge in [-0.2, -0.15) is 0 Å². The quantitative estimate of drug-likeness (QED) is 0.762. The van der Waals surface area contributed by atoms with Crippen LogP contribution in [-0.2, 0) is 0 Å². The maximum Gasteiger partial charge on any atom is 0.170 e. The molecule has 0 aromatic heterocycles. The Labute approximate surface area is 119 Å². The summed E-state index contributed by atoms with van der Waals surface area (Å²) in [4.78, 5) is 12.6. The first-order valence-corrected chi connectivity index (χ1v) is 7.12. The van der Waals surface area contributed by atoms with Crippen LogP contribution in [-0.4, -0.2) is 12.4 Å². The Morgan fingerprint density at radius 3 is 2.55 bits per heavy atom. The zero-order valence-corrected chi connectivity index (χ0v) is 11.6. The Morgan fingerprint density at radius 2 is 1.80 bits per heavy atom. The van der Waals surface area contributed by atoms with Crippen molar-refractivity contribution in [2.24, 2.45) is 5.92 Å². The molecule has 2 aromatic carbocycles. The standard InChI is InChI=1S/C18H18O2/c1-2-20-17-11-7-6-10-14(17)18(19)16-12-15(16)13-8-4-3-5-9-13/h3-11,15-16H,2,12H2,1H3. The van der Waals surface area contributed by atoms with Crippen LogP contribution in [0.4, 0.5) is 0 Å². The fourth-order valence-corrected chi connectivity index (χ4v) is 2.70. The van der Waals surface area contributed by atoms with Gasteiger partial charge in [-0.15, -0.1) is 0 Å². The highest BCUT2D eigenvalue weighted by Gasteiger charge is 2.44. The van der Waals surface area contributed by atoms with Crippen LogP contribution in [0.5, 0.6) is 5.75 Å². The molecular weight excluding hydrogens is 248 g/mol. The molecule has 2 heteroatoms. The maximum absolute atomic E-state index is 12.6. The lowest BCUT2D eigenvalue weighted by Gasteiger charge is -2.08. The van der Waals surface area contributed by atoms with Gasteiger partial charge in [-0.3, -0.25) is 4.79 Å². The molecule has 1 fully saturated rings. The summed E-state index contributed by atoms with van der Waals surface area (Å²) in [5.41, 5.74) is 1.98. The average molecular weight is 266 g/mol. The number of para-hydroxylation sites is 1. The van der Waals surface area contributed by atoms with Crippen molar-refractivity contribution >= 4 is 5.78 Å². The highest BCUT2D eigenvalue weighted by molar-refractivity contribution is 6.02. The van der Waals surface area contributed by atoms with Gasteiger partial charge in [0.2, 0.25) is 0 Å². The Kier molecular flexibility index (Phi) is 3.55. The van der Waals surface area contributed by atoms with E-state index in [1.165, 1.54) is 5.56 Å². The number of ether oxygens (including phenoxy) is 1. The highest BCUT2D eigenvalue weighted by Crippen LogP contribution is 2.49. The van der Waals surface area contributed by atoms with E-state index in [1.54, 1.807) is 0 Å². The Balaban J connectivity index is 1.78. The molecule has 2 unspecified atom stereocenters. The molecule has 0 saturated heterocycles. The molecule has 1 aliphatic rings. The van der Waals surface area contributed by atoms with Crippen LogP contribution < -0.4 is 4.74 Å². The van der Waals surface area contributed by atoms with Crippen LogP contribution in [0.2, 0.25) is 0 Å². The van der Waals surface area contributed by atoms with Crippen molar-refractivity contribution in [1.29, 1.82) is 0 Å². The van der Waals surface area contributed by atoms with Gasteiger partial charge in [0.05, 0.1) is 12.2 Å². The van der Waals surface area contributed by atoms with Crippen molar-refractivity contribution < 1.29 is 9.53 Å². The normalized spacial score (nSPS) is 20.4. The Hall–Kier alpha value is -2.09. The summed E-state index contributed by atoms with van der Waals surface area (Å²) in [6, 6.07) is 17.8. The number of benzene rings is 2. The Bertz CT molecular complexity index is 604. The largest absolute Gasteiger partial charge is 0.493 e. The van der Waals surface area contributed by atoms with E-state index in [0.29, 0.717) is 18.3 Å². The molecule has 0 spiro atoms. The van der Waals surface area contributed by atoms with Gasteiger partial charge in [-0.1, -0.05) is 42.5 Å². The first-order valence-electron chi connectivity index (χ1n) is 7.12. The van der Waals surface area contributed by atoms with Gasteiger partial charge < -0.3 is 4.74 Å². The van der Waals surface area contributed by atoms with Crippen molar-refractivity contribution in [2.45, 2.75) is 19.3 Å². The molecule has 2 atom stereocenters. The van der Waals surface area contributed by atoms with Gasteiger partial charge in [-0.05, 0) is 37.0 Å². The summed E-state index contributed by atoms with van der Waals surface area (Å²) in [5.74, 6) is 1.40. The van der Waals surface area contributed by atoms with Gasteiger partial charge in [0.15, 0.2) is 5.78 Å². The van der Waals surface area contributed by atoms with E-state index in [0.717, 1.165) is 12.0 Å². The minimum Gasteiger partial charge on any atom is -0.493 e. The van der Waals surface area contributed by atoms with Gasteiger partial charge in [-0.25, -0.2) is 0 Å².